The largest absolute Gasteiger partial charge is 0.343 e. The van der Waals surface area contributed by atoms with Crippen LogP contribution in [0.5, 0.6) is 0 Å². The maximum absolute atomic E-state index is 4.22. The molecule has 0 aliphatic carbocycles. The van der Waals surface area contributed by atoms with Crippen LogP contribution in [0, 0.1) is 0 Å². The Hall–Kier alpha value is -2.51. The first-order chi connectivity index (χ1) is 7.50. The minimum absolute atomic E-state index is 1.26. The fourth-order valence-corrected chi connectivity index (χ4v) is 0.487. The van der Waals surface area contributed by atoms with E-state index < -0.39 is 0 Å². The van der Waals surface area contributed by atoms with Gasteiger partial charge in [-0.2, -0.15) is 5.10 Å². The quantitative estimate of drug-likeness (QED) is 0.574. The molecule has 8 nitrogen and oxygen atoms in total. The smallest absolute Gasteiger partial charge is 0.213 e. The van der Waals surface area contributed by atoms with E-state index in [4.69, 9.17) is 0 Å². The molecule has 3 aromatic rings. The van der Waals surface area contributed by atoms with Gasteiger partial charge in [0, 0.05) is 12.4 Å². The van der Waals surface area contributed by atoms with Crippen LogP contribution in [-0.2, 0) is 0 Å². The van der Waals surface area contributed by atoms with Gasteiger partial charge in [-0.15, -0.1) is 0 Å². The Morgan fingerprint density at radius 2 is 1.60 bits per heavy atom. The summed E-state index contributed by atoms with van der Waals surface area (Å²) in [5, 5.41) is 12.7. The molecule has 0 aliphatic heterocycles. The van der Waals surface area contributed by atoms with Crippen molar-refractivity contribution in [3.05, 3.63) is 43.9 Å². The van der Waals surface area contributed by atoms with Gasteiger partial charge in [0.15, 0.2) is 12.7 Å². The molecule has 0 saturated carbocycles. The van der Waals surface area contributed by atoms with Gasteiger partial charge >= 0.3 is 0 Å². The Morgan fingerprint density at radius 3 is 1.73 bits per heavy atom. The monoisotopic (exact) mass is 208 g/mol. The molecule has 3 rings (SSSR count). The summed E-state index contributed by atoms with van der Waals surface area (Å²) in [7, 11) is 0. The van der Waals surface area contributed by atoms with Crippen molar-refractivity contribution in [3.63, 3.8) is 0 Å². The molecule has 78 valence electrons. The molecule has 0 fully saturated rings. The molecule has 0 spiro atoms. The summed E-state index contributed by atoms with van der Waals surface area (Å²) in [6.07, 6.45) is 8.65. The predicted octanol–water partition coefficient (Wildman–Crippen LogP) is 0.549. The van der Waals surface area contributed by atoms with E-state index in [-0.39, 0.29) is 0 Å². The van der Waals surface area contributed by atoms with Crippen molar-refractivity contribution in [1.29, 1.82) is 0 Å². The van der Waals surface area contributed by atoms with Crippen LogP contribution in [0.4, 0.5) is 0 Å². The first-order valence-electron chi connectivity index (χ1n) is 3.82. The van der Waals surface area contributed by atoms with Crippen LogP contribution in [0.1, 0.15) is 0 Å². The summed E-state index contributed by atoms with van der Waals surface area (Å²) in [5.74, 6) is 0. The average Bonchev–Trinajstić information content (AvgIpc) is 3.09. The maximum atomic E-state index is 4.22. The van der Waals surface area contributed by atoms with E-state index in [0.717, 1.165) is 0 Å². The summed E-state index contributed by atoms with van der Waals surface area (Å²) in [6.45, 7) is 0. The van der Waals surface area contributed by atoms with E-state index in [0.29, 0.717) is 0 Å². The second-order valence-electron chi connectivity index (χ2n) is 1.93. The number of rotatable bonds is 0. The highest BCUT2D eigenvalue weighted by atomic mass is 16.5. The minimum Gasteiger partial charge on any atom is -0.343 e. The highest BCUT2D eigenvalue weighted by Crippen LogP contribution is 1.64. The number of aromatic nitrogens is 6. The molecule has 1 N–H and O–H groups in total. The molecule has 0 saturated heterocycles. The molecule has 15 heavy (non-hydrogen) atoms. The Bertz CT molecular complexity index is 253. The molecule has 8 heteroatoms. The molecular formula is C7H8N6O2. The van der Waals surface area contributed by atoms with Crippen molar-refractivity contribution >= 4 is 0 Å². The van der Waals surface area contributed by atoms with E-state index in [9.17, 15) is 0 Å². The van der Waals surface area contributed by atoms with Crippen molar-refractivity contribution < 1.29 is 9.05 Å². The lowest BCUT2D eigenvalue weighted by molar-refractivity contribution is 0.416. The van der Waals surface area contributed by atoms with E-state index in [1.165, 1.54) is 25.4 Å². The van der Waals surface area contributed by atoms with Crippen LogP contribution in [-0.4, -0.2) is 30.5 Å². The van der Waals surface area contributed by atoms with Crippen LogP contribution in [0.25, 0.3) is 0 Å². The van der Waals surface area contributed by atoms with Gasteiger partial charge in [-0.1, -0.05) is 10.3 Å². The number of hydrogen-bond donors (Lipinski definition) is 1. The van der Waals surface area contributed by atoms with Gasteiger partial charge in [-0.3, -0.25) is 5.10 Å². The molecule has 0 radical (unpaired) electrons. The number of nitrogens with zero attached hydrogens (tertiary/aromatic N) is 5. The van der Waals surface area contributed by atoms with Crippen LogP contribution in [0.3, 0.4) is 0 Å². The van der Waals surface area contributed by atoms with Gasteiger partial charge in [-0.25, -0.2) is 9.97 Å². The molecule has 3 aromatic heterocycles. The SMILES string of the molecule is c1cn[nH]c1.c1ncon1.c1ncon1. The molecule has 0 aromatic carbocycles. The molecule has 0 aliphatic rings. The summed E-state index contributed by atoms with van der Waals surface area (Å²) >= 11 is 0. The third kappa shape index (κ3) is 6.63. The van der Waals surface area contributed by atoms with Crippen LogP contribution in [0.15, 0.2) is 52.9 Å². The summed E-state index contributed by atoms with van der Waals surface area (Å²) in [6, 6.07) is 1.83. The van der Waals surface area contributed by atoms with Gasteiger partial charge in [0.25, 0.3) is 0 Å². The summed E-state index contributed by atoms with van der Waals surface area (Å²) in [4.78, 5) is 6.89. The third-order valence-corrected chi connectivity index (χ3v) is 0.971. The first-order valence-corrected chi connectivity index (χ1v) is 3.82. The Balaban J connectivity index is 0.000000112. The van der Waals surface area contributed by atoms with Crippen LogP contribution >= 0.6 is 0 Å². The Labute approximate surface area is 84.3 Å². The normalized spacial score (nSPS) is 8.00. The highest BCUT2D eigenvalue weighted by Gasteiger charge is 1.61. The maximum Gasteiger partial charge on any atom is 0.213 e. The summed E-state index contributed by atoms with van der Waals surface area (Å²) in [5.41, 5.74) is 0. The van der Waals surface area contributed by atoms with Gasteiger partial charge in [0.1, 0.15) is 0 Å². The lowest BCUT2D eigenvalue weighted by Gasteiger charge is -1.49. The number of H-pyrrole nitrogens is 1. The second-order valence-corrected chi connectivity index (χ2v) is 1.93. The fourth-order valence-electron chi connectivity index (χ4n) is 0.487. The van der Waals surface area contributed by atoms with Crippen LogP contribution < -0.4 is 0 Å². The van der Waals surface area contributed by atoms with Crippen molar-refractivity contribution in [1.82, 2.24) is 30.5 Å². The fraction of sp³-hybridized carbons (Fsp3) is 0. The summed E-state index contributed by atoms with van der Waals surface area (Å²) < 4.78 is 8.44. The molecule has 3 heterocycles. The zero-order valence-electron chi connectivity index (χ0n) is 7.59. The molecule has 0 bridgehead atoms. The lowest BCUT2D eigenvalue weighted by Crippen LogP contribution is -1.53. The zero-order chi connectivity index (χ0) is 10.6. The standard InChI is InChI=1S/C3H4N2.2C2H2N2O/c1-2-4-5-3-1;2*1-3-2-5-4-1/h1-3H,(H,4,5);2*1-2H. The lowest BCUT2D eigenvalue weighted by atomic mass is 10.8. The van der Waals surface area contributed by atoms with E-state index in [1.54, 1.807) is 12.4 Å². The average molecular weight is 208 g/mol. The Morgan fingerprint density at radius 1 is 0.933 bits per heavy atom. The second kappa shape index (κ2) is 8.10. The van der Waals surface area contributed by atoms with Gasteiger partial charge < -0.3 is 9.05 Å². The molecule has 0 atom stereocenters. The van der Waals surface area contributed by atoms with E-state index >= 15 is 0 Å². The van der Waals surface area contributed by atoms with Crippen LogP contribution in [0.2, 0.25) is 0 Å². The van der Waals surface area contributed by atoms with Crippen molar-refractivity contribution in [2.45, 2.75) is 0 Å². The molecule has 0 unspecified atom stereocenters. The van der Waals surface area contributed by atoms with E-state index in [1.807, 2.05) is 6.07 Å². The van der Waals surface area contributed by atoms with E-state index in [2.05, 4.69) is 39.5 Å². The third-order valence-electron chi connectivity index (χ3n) is 0.971. The van der Waals surface area contributed by atoms with Gasteiger partial charge in [0.2, 0.25) is 12.8 Å². The number of aromatic amines is 1. The van der Waals surface area contributed by atoms with Gasteiger partial charge in [-0.05, 0) is 6.07 Å². The minimum atomic E-state index is 1.26. The first kappa shape index (κ1) is 10.6. The van der Waals surface area contributed by atoms with Crippen molar-refractivity contribution in [2.75, 3.05) is 0 Å². The van der Waals surface area contributed by atoms with Gasteiger partial charge in [0.05, 0.1) is 0 Å². The highest BCUT2D eigenvalue weighted by molar-refractivity contribution is 4.72. The molecule has 0 amide bonds. The van der Waals surface area contributed by atoms with Crippen molar-refractivity contribution in [3.8, 4) is 0 Å². The Kier molecular flexibility index (Phi) is 5.71. The zero-order valence-corrected chi connectivity index (χ0v) is 7.59. The predicted molar refractivity (Wildman–Crippen MR) is 47.2 cm³/mol. The van der Waals surface area contributed by atoms with Crippen molar-refractivity contribution in [2.24, 2.45) is 0 Å². The number of hydrogen-bond acceptors (Lipinski definition) is 7. The number of nitrogens with one attached hydrogen (secondary N) is 1. The topological polar surface area (TPSA) is 107 Å². The molecular weight excluding hydrogens is 200 g/mol.